The Morgan fingerprint density at radius 2 is 1.81 bits per heavy atom. The zero-order valence-corrected chi connectivity index (χ0v) is 15.6. The van der Waals surface area contributed by atoms with Gasteiger partial charge in [-0.25, -0.2) is 0 Å². The second-order valence-corrected chi connectivity index (χ2v) is 6.67. The normalized spacial score (nSPS) is 19.7. The van der Waals surface area contributed by atoms with E-state index in [0.717, 1.165) is 0 Å². The quantitative estimate of drug-likeness (QED) is 0.756. The van der Waals surface area contributed by atoms with Gasteiger partial charge in [-0.3, -0.25) is 14.4 Å². The molecular weight excluding hydrogens is 360 g/mol. The van der Waals surface area contributed by atoms with Gasteiger partial charge in [-0.15, -0.1) is 0 Å². The van der Waals surface area contributed by atoms with Gasteiger partial charge in [-0.1, -0.05) is 11.6 Å². The number of morpholine rings is 1. The highest BCUT2D eigenvalue weighted by molar-refractivity contribution is 6.30. The zero-order valence-electron chi connectivity index (χ0n) is 14.9. The first-order chi connectivity index (χ1) is 12.3. The van der Waals surface area contributed by atoms with Crippen molar-refractivity contribution in [2.45, 2.75) is 32.5 Å². The van der Waals surface area contributed by atoms with Crippen LogP contribution in [0.3, 0.4) is 0 Å². The molecule has 2 amide bonds. The van der Waals surface area contributed by atoms with Crippen LogP contribution in [-0.2, 0) is 19.1 Å². The second kappa shape index (κ2) is 9.54. The van der Waals surface area contributed by atoms with Crippen LogP contribution in [0.2, 0.25) is 5.02 Å². The molecule has 1 N–H and O–H groups in total. The van der Waals surface area contributed by atoms with E-state index in [1.54, 1.807) is 29.2 Å². The van der Waals surface area contributed by atoms with Crippen molar-refractivity contribution < 1.29 is 23.9 Å². The fourth-order valence-corrected chi connectivity index (χ4v) is 2.79. The molecule has 8 heteroatoms. The van der Waals surface area contributed by atoms with E-state index in [-0.39, 0.29) is 43.6 Å². The molecule has 142 valence electrons. The monoisotopic (exact) mass is 382 g/mol. The van der Waals surface area contributed by atoms with Crippen molar-refractivity contribution in [3.63, 3.8) is 0 Å². The van der Waals surface area contributed by atoms with Crippen molar-refractivity contribution in [2.75, 3.05) is 26.2 Å². The molecule has 1 saturated heterocycles. The van der Waals surface area contributed by atoms with E-state index < -0.39 is 5.97 Å². The van der Waals surface area contributed by atoms with Crippen LogP contribution in [0.25, 0.3) is 0 Å². The Balaban J connectivity index is 1.66. The zero-order chi connectivity index (χ0) is 19.1. The molecule has 1 aromatic carbocycles. The van der Waals surface area contributed by atoms with Gasteiger partial charge < -0.3 is 19.7 Å². The number of benzene rings is 1. The van der Waals surface area contributed by atoms with E-state index in [4.69, 9.17) is 21.1 Å². The lowest BCUT2D eigenvalue weighted by Gasteiger charge is -2.35. The molecule has 1 aliphatic rings. The lowest BCUT2D eigenvalue weighted by molar-refractivity contribution is -0.157. The van der Waals surface area contributed by atoms with E-state index in [1.165, 1.54) is 0 Å². The Bertz CT molecular complexity index is 639. The van der Waals surface area contributed by atoms with Crippen molar-refractivity contribution in [1.29, 1.82) is 0 Å². The molecule has 0 saturated carbocycles. The standard InChI is InChI=1S/C18H23ClN2O5/c1-12-9-21(10-13(2)26-12)16(22)11-25-17(23)7-8-20-18(24)14-3-5-15(19)6-4-14/h3-6,12-13H,7-11H2,1-2H3,(H,20,24)/t12-,13-/m0/s1. The predicted molar refractivity (Wildman–Crippen MR) is 96.0 cm³/mol. The summed E-state index contributed by atoms with van der Waals surface area (Å²) in [4.78, 5) is 37.4. The minimum atomic E-state index is -0.538. The number of carbonyl (C=O) groups excluding carboxylic acids is 3. The Hall–Kier alpha value is -2.12. The Morgan fingerprint density at radius 1 is 1.19 bits per heavy atom. The first-order valence-corrected chi connectivity index (χ1v) is 8.85. The van der Waals surface area contributed by atoms with Crippen LogP contribution >= 0.6 is 11.6 Å². The van der Waals surface area contributed by atoms with Crippen LogP contribution in [0, 0.1) is 0 Å². The molecule has 1 aromatic rings. The number of esters is 1. The highest BCUT2D eigenvalue weighted by Crippen LogP contribution is 2.11. The topological polar surface area (TPSA) is 84.9 Å². The minimum Gasteiger partial charge on any atom is -0.456 e. The molecule has 0 aliphatic carbocycles. The third-order valence-electron chi connectivity index (χ3n) is 3.85. The summed E-state index contributed by atoms with van der Waals surface area (Å²) in [5.74, 6) is -1.09. The number of rotatable bonds is 6. The number of halogens is 1. The van der Waals surface area contributed by atoms with E-state index >= 15 is 0 Å². The van der Waals surface area contributed by atoms with Crippen molar-refractivity contribution in [3.05, 3.63) is 34.9 Å². The maximum absolute atomic E-state index is 12.1. The fourth-order valence-electron chi connectivity index (χ4n) is 2.67. The molecule has 1 heterocycles. The summed E-state index contributed by atoms with van der Waals surface area (Å²) in [5.41, 5.74) is 0.452. The van der Waals surface area contributed by atoms with Crippen molar-refractivity contribution >= 4 is 29.4 Å². The van der Waals surface area contributed by atoms with Gasteiger partial charge in [0.2, 0.25) is 0 Å². The van der Waals surface area contributed by atoms with E-state index in [2.05, 4.69) is 5.32 Å². The molecule has 1 aliphatic heterocycles. The maximum Gasteiger partial charge on any atom is 0.308 e. The van der Waals surface area contributed by atoms with E-state index in [1.807, 2.05) is 13.8 Å². The molecule has 0 aromatic heterocycles. The number of hydrogen-bond donors (Lipinski definition) is 1. The van der Waals surface area contributed by atoms with Crippen LogP contribution < -0.4 is 5.32 Å². The second-order valence-electron chi connectivity index (χ2n) is 6.23. The summed E-state index contributed by atoms with van der Waals surface area (Å²) >= 11 is 5.76. The Labute approximate surface area is 157 Å². The third kappa shape index (κ3) is 6.31. The number of nitrogens with one attached hydrogen (secondary N) is 1. The average molecular weight is 383 g/mol. The molecule has 7 nitrogen and oxygen atoms in total. The summed E-state index contributed by atoms with van der Waals surface area (Å²) in [7, 11) is 0. The van der Waals surface area contributed by atoms with Crippen molar-refractivity contribution in [1.82, 2.24) is 10.2 Å². The number of hydrogen-bond acceptors (Lipinski definition) is 5. The van der Waals surface area contributed by atoms with Crippen LogP contribution in [0.1, 0.15) is 30.6 Å². The number of amides is 2. The van der Waals surface area contributed by atoms with Gasteiger partial charge >= 0.3 is 5.97 Å². The van der Waals surface area contributed by atoms with Crippen LogP contribution in [0.5, 0.6) is 0 Å². The number of nitrogens with zero attached hydrogens (tertiary/aromatic N) is 1. The predicted octanol–water partition coefficient (Wildman–Crippen LogP) is 1.64. The lowest BCUT2D eigenvalue weighted by Crippen LogP contribution is -2.49. The fraction of sp³-hybridized carbons (Fsp3) is 0.500. The first-order valence-electron chi connectivity index (χ1n) is 8.47. The van der Waals surface area contributed by atoms with Gasteiger partial charge in [0, 0.05) is 30.2 Å². The molecule has 0 bridgehead atoms. The Kier molecular flexibility index (Phi) is 7.41. The van der Waals surface area contributed by atoms with Gasteiger partial charge in [0.15, 0.2) is 6.61 Å². The molecule has 0 unspecified atom stereocenters. The van der Waals surface area contributed by atoms with Crippen LogP contribution in [-0.4, -0.2) is 61.1 Å². The summed E-state index contributed by atoms with van der Waals surface area (Å²) < 4.78 is 10.6. The van der Waals surface area contributed by atoms with E-state index in [9.17, 15) is 14.4 Å². The summed E-state index contributed by atoms with van der Waals surface area (Å²) in [5, 5.41) is 3.16. The van der Waals surface area contributed by atoms with Crippen LogP contribution in [0.4, 0.5) is 0 Å². The Morgan fingerprint density at radius 3 is 2.42 bits per heavy atom. The van der Waals surface area contributed by atoms with Gasteiger partial charge in [-0.05, 0) is 38.1 Å². The molecule has 1 fully saturated rings. The van der Waals surface area contributed by atoms with Gasteiger partial charge in [0.25, 0.3) is 11.8 Å². The SMILES string of the molecule is C[C@H]1CN(C(=O)COC(=O)CCNC(=O)c2ccc(Cl)cc2)C[C@H](C)O1. The van der Waals surface area contributed by atoms with Gasteiger partial charge in [0.1, 0.15) is 0 Å². The summed E-state index contributed by atoms with van der Waals surface area (Å²) in [6.45, 7) is 4.58. The third-order valence-corrected chi connectivity index (χ3v) is 4.10. The smallest absolute Gasteiger partial charge is 0.308 e. The van der Waals surface area contributed by atoms with Gasteiger partial charge in [-0.2, -0.15) is 0 Å². The van der Waals surface area contributed by atoms with Crippen molar-refractivity contribution in [2.24, 2.45) is 0 Å². The highest BCUT2D eigenvalue weighted by Gasteiger charge is 2.26. The van der Waals surface area contributed by atoms with Gasteiger partial charge in [0.05, 0.1) is 18.6 Å². The summed E-state index contributed by atoms with van der Waals surface area (Å²) in [6.07, 6.45) is -0.0920. The maximum atomic E-state index is 12.1. The molecule has 0 radical (unpaired) electrons. The first kappa shape index (κ1) is 20.2. The summed E-state index contributed by atoms with van der Waals surface area (Å²) in [6, 6.07) is 6.42. The van der Waals surface area contributed by atoms with Crippen molar-refractivity contribution in [3.8, 4) is 0 Å². The van der Waals surface area contributed by atoms with Crippen LogP contribution in [0.15, 0.2) is 24.3 Å². The number of carbonyl (C=O) groups is 3. The molecule has 2 rings (SSSR count). The number of ether oxygens (including phenoxy) is 2. The lowest BCUT2D eigenvalue weighted by atomic mass is 10.2. The highest BCUT2D eigenvalue weighted by atomic mass is 35.5. The molecule has 0 spiro atoms. The van der Waals surface area contributed by atoms with E-state index in [0.29, 0.717) is 23.7 Å². The molecular formula is C18H23ClN2O5. The average Bonchev–Trinajstić information content (AvgIpc) is 2.59. The largest absolute Gasteiger partial charge is 0.456 e. The molecule has 2 atom stereocenters. The minimum absolute atomic E-state index is 0.0114. The molecule has 26 heavy (non-hydrogen) atoms.